The van der Waals surface area contributed by atoms with Gasteiger partial charge in [-0.2, -0.15) is 0 Å². The smallest absolute Gasteiger partial charge is 0.242 e. The lowest BCUT2D eigenvalue weighted by atomic mass is 9.86. The van der Waals surface area contributed by atoms with Crippen LogP contribution in [0.3, 0.4) is 0 Å². The summed E-state index contributed by atoms with van der Waals surface area (Å²) in [4.78, 5) is 29.4. The Bertz CT molecular complexity index is 935. The minimum absolute atomic E-state index is 0.0554. The predicted molar refractivity (Wildman–Crippen MR) is 123 cm³/mol. The molecule has 3 fully saturated rings. The standard InChI is InChI=1S/C27H32N2O3/c30-26-15-23(22-7-2-1-3-8-22)17-28(26)18-27(31)29(24-11-12-24)16-20-9-13-25(14-10-20)32-19-21-5-4-6-21/h1-3,7-10,13-14,21,23-24H,4-6,11-12,15-19H2/t23-/m0/s1. The third kappa shape index (κ3) is 4.98. The van der Waals surface area contributed by atoms with Crippen molar-refractivity contribution in [2.75, 3.05) is 19.7 Å². The normalized spacial score (nSPS) is 20.8. The van der Waals surface area contributed by atoms with Crippen LogP contribution in [0.15, 0.2) is 54.6 Å². The maximum absolute atomic E-state index is 13.2. The third-order valence-electron chi connectivity index (χ3n) is 7.11. The first-order valence-electron chi connectivity index (χ1n) is 12.0. The zero-order valence-electron chi connectivity index (χ0n) is 18.6. The predicted octanol–water partition coefficient (Wildman–Crippen LogP) is 4.37. The molecule has 32 heavy (non-hydrogen) atoms. The monoisotopic (exact) mass is 432 g/mol. The molecular weight excluding hydrogens is 400 g/mol. The molecule has 0 spiro atoms. The molecule has 5 heteroatoms. The number of hydrogen-bond donors (Lipinski definition) is 0. The highest BCUT2D eigenvalue weighted by Gasteiger charge is 2.36. The van der Waals surface area contributed by atoms with Crippen molar-refractivity contribution in [3.8, 4) is 5.75 Å². The van der Waals surface area contributed by atoms with Gasteiger partial charge in [0.15, 0.2) is 0 Å². The second-order valence-electron chi connectivity index (χ2n) is 9.59. The first-order valence-corrected chi connectivity index (χ1v) is 12.0. The van der Waals surface area contributed by atoms with E-state index in [2.05, 4.69) is 24.3 Å². The van der Waals surface area contributed by atoms with Crippen LogP contribution < -0.4 is 4.74 Å². The lowest BCUT2D eigenvalue weighted by molar-refractivity contribution is -0.139. The van der Waals surface area contributed by atoms with Crippen LogP contribution in [0.5, 0.6) is 5.75 Å². The number of benzene rings is 2. The van der Waals surface area contributed by atoms with Gasteiger partial charge in [-0.15, -0.1) is 0 Å². The highest BCUT2D eigenvalue weighted by atomic mass is 16.5. The van der Waals surface area contributed by atoms with Crippen LogP contribution in [-0.2, 0) is 16.1 Å². The van der Waals surface area contributed by atoms with E-state index in [9.17, 15) is 9.59 Å². The van der Waals surface area contributed by atoms with Crippen LogP contribution in [0.4, 0.5) is 0 Å². The number of rotatable bonds is 9. The molecule has 0 radical (unpaired) electrons. The molecule has 5 nitrogen and oxygen atoms in total. The Labute approximate surface area is 190 Å². The summed E-state index contributed by atoms with van der Waals surface area (Å²) in [5.74, 6) is 1.93. The molecule has 0 bridgehead atoms. The number of likely N-dealkylation sites (tertiary alicyclic amines) is 1. The van der Waals surface area contributed by atoms with Crippen molar-refractivity contribution >= 4 is 11.8 Å². The zero-order chi connectivity index (χ0) is 21.9. The summed E-state index contributed by atoms with van der Waals surface area (Å²) >= 11 is 0. The van der Waals surface area contributed by atoms with Crippen molar-refractivity contribution in [3.63, 3.8) is 0 Å². The largest absolute Gasteiger partial charge is 0.493 e. The Kier molecular flexibility index (Phi) is 6.15. The fraction of sp³-hybridized carbons (Fsp3) is 0.481. The number of carbonyl (C=O) groups is 2. The molecule has 1 aliphatic heterocycles. The number of amides is 2. The molecule has 5 rings (SSSR count). The van der Waals surface area contributed by atoms with Gasteiger partial charge in [0.05, 0.1) is 13.2 Å². The summed E-state index contributed by atoms with van der Waals surface area (Å²) in [6.07, 6.45) is 6.48. The number of ether oxygens (including phenoxy) is 1. The van der Waals surface area contributed by atoms with Crippen molar-refractivity contribution in [1.29, 1.82) is 0 Å². The molecule has 1 heterocycles. The zero-order valence-corrected chi connectivity index (χ0v) is 18.6. The molecule has 0 unspecified atom stereocenters. The molecule has 1 saturated heterocycles. The van der Waals surface area contributed by atoms with Crippen LogP contribution in [-0.4, -0.2) is 47.4 Å². The van der Waals surface area contributed by atoms with Gasteiger partial charge in [0.1, 0.15) is 5.75 Å². The minimum atomic E-state index is 0.0554. The Balaban J connectivity index is 1.17. The lowest BCUT2D eigenvalue weighted by Gasteiger charge is -2.26. The fourth-order valence-electron chi connectivity index (χ4n) is 4.70. The van der Waals surface area contributed by atoms with Gasteiger partial charge in [-0.05, 0) is 54.9 Å². The van der Waals surface area contributed by atoms with E-state index in [1.54, 1.807) is 4.90 Å². The van der Waals surface area contributed by atoms with E-state index in [1.165, 1.54) is 24.8 Å². The Morgan fingerprint density at radius 1 is 1.00 bits per heavy atom. The second-order valence-corrected chi connectivity index (χ2v) is 9.59. The summed E-state index contributed by atoms with van der Waals surface area (Å²) < 4.78 is 5.90. The quantitative estimate of drug-likeness (QED) is 0.591. The van der Waals surface area contributed by atoms with Gasteiger partial charge in [0.25, 0.3) is 0 Å². The molecule has 1 atom stereocenters. The van der Waals surface area contributed by atoms with Crippen LogP contribution in [0.2, 0.25) is 0 Å². The summed E-state index contributed by atoms with van der Waals surface area (Å²) in [5.41, 5.74) is 2.28. The molecule has 2 aliphatic carbocycles. The Morgan fingerprint density at radius 2 is 1.75 bits per heavy atom. The average molecular weight is 433 g/mol. The van der Waals surface area contributed by atoms with Gasteiger partial charge in [0.2, 0.25) is 11.8 Å². The lowest BCUT2D eigenvalue weighted by Crippen LogP contribution is -2.41. The second kappa shape index (κ2) is 9.35. The van der Waals surface area contributed by atoms with Crippen molar-refractivity contribution in [2.45, 2.75) is 57.0 Å². The van der Waals surface area contributed by atoms with Gasteiger partial charge in [0, 0.05) is 31.5 Å². The third-order valence-corrected chi connectivity index (χ3v) is 7.11. The maximum Gasteiger partial charge on any atom is 0.242 e. The van der Waals surface area contributed by atoms with E-state index in [-0.39, 0.29) is 24.3 Å². The number of nitrogens with zero attached hydrogens (tertiary/aromatic N) is 2. The van der Waals surface area contributed by atoms with Crippen molar-refractivity contribution in [2.24, 2.45) is 5.92 Å². The van der Waals surface area contributed by atoms with Crippen LogP contribution in [0.25, 0.3) is 0 Å². The number of carbonyl (C=O) groups excluding carboxylic acids is 2. The molecule has 2 amide bonds. The van der Waals surface area contributed by atoms with E-state index >= 15 is 0 Å². The van der Waals surface area contributed by atoms with Crippen LogP contribution in [0, 0.1) is 5.92 Å². The minimum Gasteiger partial charge on any atom is -0.493 e. The van der Waals surface area contributed by atoms with E-state index < -0.39 is 0 Å². The molecule has 168 valence electrons. The topological polar surface area (TPSA) is 49.9 Å². The van der Waals surface area contributed by atoms with Crippen molar-refractivity contribution in [1.82, 2.24) is 9.80 Å². The van der Waals surface area contributed by atoms with E-state index in [1.807, 2.05) is 35.2 Å². The molecule has 3 aliphatic rings. The molecular formula is C27H32N2O3. The van der Waals surface area contributed by atoms with Gasteiger partial charge in [-0.25, -0.2) is 0 Å². The maximum atomic E-state index is 13.2. The summed E-state index contributed by atoms with van der Waals surface area (Å²) in [7, 11) is 0. The molecule has 2 aromatic rings. The highest BCUT2D eigenvalue weighted by Crippen LogP contribution is 2.31. The first kappa shape index (κ1) is 21.0. The van der Waals surface area contributed by atoms with Gasteiger partial charge in [-0.1, -0.05) is 48.9 Å². The summed E-state index contributed by atoms with van der Waals surface area (Å²) in [5, 5.41) is 0. The molecule has 2 aromatic carbocycles. The van der Waals surface area contributed by atoms with E-state index in [4.69, 9.17) is 4.74 Å². The van der Waals surface area contributed by atoms with Crippen molar-refractivity contribution in [3.05, 3.63) is 65.7 Å². The Morgan fingerprint density at radius 3 is 2.41 bits per heavy atom. The number of hydrogen-bond acceptors (Lipinski definition) is 3. The Hall–Kier alpha value is -2.82. The van der Waals surface area contributed by atoms with E-state index in [0.717, 1.165) is 30.8 Å². The average Bonchev–Trinajstić information content (AvgIpc) is 3.55. The first-order chi connectivity index (χ1) is 15.7. The van der Waals surface area contributed by atoms with Gasteiger partial charge in [-0.3, -0.25) is 9.59 Å². The molecule has 2 saturated carbocycles. The molecule has 0 N–H and O–H groups in total. The molecule has 0 aromatic heterocycles. The summed E-state index contributed by atoms with van der Waals surface area (Å²) in [6, 6.07) is 18.6. The van der Waals surface area contributed by atoms with Crippen molar-refractivity contribution < 1.29 is 14.3 Å². The van der Waals surface area contributed by atoms with Gasteiger partial charge >= 0.3 is 0 Å². The summed E-state index contributed by atoms with van der Waals surface area (Å²) in [6.45, 7) is 2.21. The SMILES string of the molecule is O=C1C[C@H](c2ccccc2)CN1CC(=O)N(Cc1ccc(OCC2CCC2)cc1)C1CC1. The van der Waals surface area contributed by atoms with Gasteiger partial charge < -0.3 is 14.5 Å². The van der Waals surface area contributed by atoms with Crippen LogP contribution in [0.1, 0.15) is 55.6 Å². The highest BCUT2D eigenvalue weighted by molar-refractivity contribution is 5.87. The van der Waals surface area contributed by atoms with E-state index in [0.29, 0.717) is 31.5 Å². The van der Waals surface area contributed by atoms with Crippen LogP contribution >= 0.6 is 0 Å². The fourth-order valence-corrected chi connectivity index (χ4v) is 4.70.